The van der Waals surface area contributed by atoms with Crippen molar-refractivity contribution < 1.29 is 14.5 Å². The summed E-state index contributed by atoms with van der Waals surface area (Å²) < 4.78 is 5.05. The Bertz CT molecular complexity index is 750. The van der Waals surface area contributed by atoms with Crippen LogP contribution in [-0.2, 0) is 4.79 Å². The van der Waals surface area contributed by atoms with E-state index >= 15 is 0 Å². The summed E-state index contributed by atoms with van der Waals surface area (Å²) in [7, 11) is 1.54. The molecule has 2 aromatic rings. The summed E-state index contributed by atoms with van der Waals surface area (Å²) in [6.45, 7) is 0.571. The third-order valence-electron chi connectivity index (χ3n) is 3.44. The average molecular weight is 364 g/mol. The van der Waals surface area contributed by atoms with E-state index in [1.807, 2.05) is 0 Å². The highest BCUT2D eigenvalue weighted by molar-refractivity contribution is 6.33. The van der Waals surface area contributed by atoms with Crippen LogP contribution >= 0.6 is 11.6 Å². The van der Waals surface area contributed by atoms with Crippen LogP contribution in [0.5, 0.6) is 5.75 Å². The van der Waals surface area contributed by atoms with Crippen molar-refractivity contribution in [3.63, 3.8) is 0 Å². The molecule has 0 spiro atoms. The lowest BCUT2D eigenvalue weighted by Crippen LogP contribution is -2.13. The van der Waals surface area contributed by atoms with Crippen molar-refractivity contribution in [3.05, 3.63) is 57.6 Å². The van der Waals surface area contributed by atoms with Gasteiger partial charge in [0.2, 0.25) is 5.91 Å². The van der Waals surface area contributed by atoms with Gasteiger partial charge in [0.15, 0.2) is 0 Å². The van der Waals surface area contributed by atoms with Gasteiger partial charge in [-0.15, -0.1) is 0 Å². The molecule has 25 heavy (non-hydrogen) atoms. The first-order chi connectivity index (χ1) is 12.0. The van der Waals surface area contributed by atoms with Gasteiger partial charge in [-0.2, -0.15) is 0 Å². The number of amides is 1. The highest BCUT2D eigenvalue weighted by atomic mass is 35.5. The molecule has 0 radical (unpaired) electrons. The van der Waals surface area contributed by atoms with Gasteiger partial charge < -0.3 is 15.4 Å². The fraction of sp³-hybridized carbons (Fsp3) is 0.235. The van der Waals surface area contributed by atoms with E-state index in [-0.39, 0.29) is 11.6 Å². The van der Waals surface area contributed by atoms with Crippen molar-refractivity contribution >= 4 is 34.6 Å². The van der Waals surface area contributed by atoms with E-state index in [4.69, 9.17) is 16.3 Å². The van der Waals surface area contributed by atoms with E-state index in [0.717, 1.165) is 5.69 Å². The van der Waals surface area contributed by atoms with Crippen LogP contribution in [0, 0.1) is 10.1 Å². The summed E-state index contributed by atoms with van der Waals surface area (Å²) in [5, 5.41) is 16.9. The topological polar surface area (TPSA) is 93.5 Å². The van der Waals surface area contributed by atoms with E-state index < -0.39 is 4.92 Å². The van der Waals surface area contributed by atoms with E-state index in [1.165, 1.54) is 12.1 Å². The standard InChI is InChI=1S/C17H18ClN3O4/c1-25-14-8-9-16(15(18)11-14)20-17(22)3-2-10-19-12-4-6-13(7-5-12)21(23)24/h4-9,11,19H,2-3,10H2,1H3,(H,20,22). The Morgan fingerprint density at radius 1 is 1.24 bits per heavy atom. The van der Waals surface area contributed by atoms with Gasteiger partial charge in [0.1, 0.15) is 5.75 Å². The lowest BCUT2D eigenvalue weighted by Gasteiger charge is -2.09. The third-order valence-corrected chi connectivity index (χ3v) is 3.75. The number of nitro groups is 1. The largest absolute Gasteiger partial charge is 0.497 e. The molecule has 0 aliphatic rings. The molecular weight excluding hydrogens is 346 g/mol. The number of nitrogens with one attached hydrogen (secondary N) is 2. The quantitative estimate of drug-likeness (QED) is 0.418. The SMILES string of the molecule is COc1ccc(NC(=O)CCCNc2ccc([N+](=O)[O-])cc2)c(Cl)c1. The molecule has 0 aromatic heterocycles. The zero-order valence-corrected chi connectivity index (χ0v) is 14.4. The number of benzene rings is 2. The molecule has 0 fully saturated rings. The van der Waals surface area contributed by atoms with E-state index in [9.17, 15) is 14.9 Å². The molecule has 0 aliphatic heterocycles. The number of hydrogen-bond donors (Lipinski definition) is 2. The second-order valence-corrected chi connectivity index (χ2v) is 5.64. The first-order valence-electron chi connectivity index (χ1n) is 7.61. The van der Waals surface area contributed by atoms with E-state index in [1.54, 1.807) is 37.4 Å². The molecule has 132 valence electrons. The summed E-state index contributed by atoms with van der Waals surface area (Å²) in [4.78, 5) is 22.1. The van der Waals surface area contributed by atoms with Crippen molar-refractivity contribution in [2.45, 2.75) is 12.8 Å². The molecule has 0 saturated heterocycles. The van der Waals surface area contributed by atoms with E-state index in [0.29, 0.717) is 35.8 Å². The molecule has 0 aliphatic carbocycles. The number of non-ortho nitro benzene ring substituents is 1. The van der Waals surface area contributed by atoms with Crippen molar-refractivity contribution in [1.29, 1.82) is 0 Å². The minimum atomic E-state index is -0.446. The normalized spacial score (nSPS) is 10.2. The van der Waals surface area contributed by atoms with Gasteiger partial charge in [-0.05, 0) is 30.7 Å². The summed E-state index contributed by atoms with van der Waals surface area (Å²) >= 11 is 6.07. The summed E-state index contributed by atoms with van der Waals surface area (Å²) in [5.41, 5.74) is 1.35. The van der Waals surface area contributed by atoms with Crippen molar-refractivity contribution in [2.24, 2.45) is 0 Å². The fourth-order valence-corrected chi connectivity index (χ4v) is 2.34. The Balaban J connectivity index is 1.74. The molecule has 0 unspecified atom stereocenters. The first kappa shape index (κ1) is 18.5. The van der Waals surface area contributed by atoms with E-state index in [2.05, 4.69) is 10.6 Å². The first-order valence-corrected chi connectivity index (χ1v) is 7.99. The van der Waals surface area contributed by atoms with Gasteiger partial charge >= 0.3 is 0 Å². The lowest BCUT2D eigenvalue weighted by molar-refractivity contribution is -0.384. The van der Waals surface area contributed by atoms with Crippen LogP contribution < -0.4 is 15.4 Å². The molecule has 2 rings (SSSR count). The molecule has 2 N–H and O–H groups in total. The second kappa shape index (κ2) is 8.89. The minimum Gasteiger partial charge on any atom is -0.497 e. The highest BCUT2D eigenvalue weighted by Crippen LogP contribution is 2.26. The van der Waals surface area contributed by atoms with Crippen molar-refractivity contribution in [2.75, 3.05) is 24.3 Å². The Morgan fingerprint density at radius 2 is 1.96 bits per heavy atom. The average Bonchev–Trinajstić information content (AvgIpc) is 2.61. The molecule has 1 amide bonds. The molecule has 0 atom stereocenters. The molecule has 0 heterocycles. The smallest absolute Gasteiger partial charge is 0.269 e. The molecule has 0 bridgehead atoms. The fourth-order valence-electron chi connectivity index (χ4n) is 2.12. The molecule has 8 heteroatoms. The van der Waals surface area contributed by atoms with Crippen LogP contribution in [0.3, 0.4) is 0 Å². The van der Waals surface area contributed by atoms with Gasteiger partial charge in [0.05, 0.1) is 22.7 Å². The van der Waals surface area contributed by atoms with Gasteiger partial charge in [-0.3, -0.25) is 14.9 Å². The second-order valence-electron chi connectivity index (χ2n) is 5.23. The zero-order valence-electron chi connectivity index (χ0n) is 13.6. The maximum Gasteiger partial charge on any atom is 0.269 e. The zero-order chi connectivity index (χ0) is 18.2. The summed E-state index contributed by atoms with van der Waals surface area (Å²) in [5.74, 6) is 0.480. The molecule has 0 saturated carbocycles. The van der Waals surface area contributed by atoms with Crippen molar-refractivity contribution in [1.82, 2.24) is 0 Å². The summed E-state index contributed by atoms with van der Waals surface area (Å²) in [6, 6.07) is 11.2. The predicted molar refractivity (Wildman–Crippen MR) is 97.5 cm³/mol. The Morgan fingerprint density at radius 3 is 2.56 bits per heavy atom. The van der Waals surface area contributed by atoms with Crippen LogP contribution in [0.15, 0.2) is 42.5 Å². The third kappa shape index (κ3) is 5.65. The monoisotopic (exact) mass is 363 g/mol. The van der Waals surface area contributed by atoms with Crippen LogP contribution in [0.1, 0.15) is 12.8 Å². The van der Waals surface area contributed by atoms with Crippen LogP contribution in [0.25, 0.3) is 0 Å². The number of hydrogen-bond acceptors (Lipinski definition) is 5. The number of carbonyl (C=O) groups excluding carboxylic acids is 1. The van der Waals surface area contributed by atoms with Gasteiger partial charge in [-0.1, -0.05) is 11.6 Å². The van der Waals surface area contributed by atoms with Gasteiger partial charge in [0, 0.05) is 36.9 Å². The Hall–Kier alpha value is -2.80. The number of halogens is 1. The molecule has 2 aromatic carbocycles. The van der Waals surface area contributed by atoms with Gasteiger partial charge in [-0.25, -0.2) is 0 Å². The van der Waals surface area contributed by atoms with Crippen LogP contribution in [0.4, 0.5) is 17.1 Å². The maximum absolute atomic E-state index is 11.9. The molecule has 7 nitrogen and oxygen atoms in total. The lowest BCUT2D eigenvalue weighted by atomic mass is 10.2. The number of methoxy groups -OCH3 is 1. The number of anilines is 2. The predicted octanol–water partition coefficient (Wildman–Crippen LogP) is 4.09. The number of carbonyl (C=O) groups is 1. The maximum atomic E-state index is 11.9. The Labute approximate surface area is 150 Å². The Kier molecular flexibility index (Phi) is 6.59. The molecular formula is C17H18ClN3O4. The summed E-state index contributed by atoms with van der Waals surface area (Å²) in [6.07, 6.45) is 0.929. The number of nitro benzene ring substituents is 1. The number of ether oxygens (including phenoxy) is 1. The van der Waals surface area contributed by atoms with Crippen molar-refractivity contribution in [3.8, 4) is 5.75 Å². The number of nitrogens with zero attached hydrogens (tertiary/aromatic N) is 1. The van der Waals surface area contributed by atoms with Crippen LogP contribution in [0.2, 0.25) is 5.02 Å². The minimum absolute atomic E-state index is 0.0429. The van der Waals surface area contributed by atoms with Crippen LogP contribution in [-0.4, -0.2) is 24.5 Å². The number of rotatable bonds is 8. The van der Waals surface area contributed by atoms with Gasteiger partial charge in [0.25, 0.3) is 5.69 Å². The highest BCUT2D eigenvalue weighted by Gasteiger charge is 2.07.